The van der Waals surface area contributed by atoms with E-state index in [0.29, 0.717) is 24.0 Å². The van der Waals surface area contributed by atoms with Gasteiger partial charge >= 0.3 is 0 Å². The maximum absolute atomic E-state index is 12.8. The lowest BCUT2D eigenvalue weighted by molar-refractivity contribution is 0.1000. The molecule has 6 nitrogen and oxygen atoms in total. The Morgan fingerprint density at radius 2 is 1.96 bits per heavy atom. The number of hydrogen-bond donors (Lipinski definition) is 2. The van der Waals surface area contributed by atoms with Crippen molar-refractivity contribution < 1.29 is 13.2 Å². The van der Waals surface area contributed by atoms with E-state index in [9.17, 15) is 13.2 Å². The summed E-state index contributed by atoms with van der Waals surface area (Å²) in [5, 5.41) is 0. The highest BCUT2D eigenvalue weighted by molar-refractivity contribution is 9.10. The molecule has 2 rings (SSSR count). The average Bonchev–Trinajstić information content (AvgIpc) is 2.40. The second kappa shape index (κ2) is 7.06. The monoisotopic (exact) mass is 425 g/mol. The van der Waals surface area contributed by atoms with E-state index in [0.717, 1.165) is 0 Å². The predicted molar refractivity (Wildman–Crippen MR) is 95.0 cm³/mol. The van der Waals surface area contributed by atoms with Crippen molar-refractivity contribution in [3.05, 3.63) is 28.2 Å². The fourth-order valence-electron chi connectivity index (χ4n) is 2.53. The number of nitrogens with zero attached hydrogens (tertiary/aromatic N) is 1. The largest absolute Gasteiger partial charge is 0.366 e. The van der Waals surface area contributed by atoms with Crippen molar-refractivity contribution in [1.29, 1.82) is 0 Å². The van der Waals surface area contributed by atoms with Gasteiger partial charge in [-0.3, -0.25) is 4.79 Å². The number of carbonyl (C=O) groups is 1. The van der Waals surface area contributed by atoms with E-state index in [-0.39, 0.29) is 34.3 Å². The zero-order valence-corrected chi connectivity index (χ0v) is 16.2. The Morgan fingerprint density at radius 3 is 2.48 bits per heavy atom. The molecule has 0 bridgehead atoms. The summed E-state index contributed by atoms with van der Waals surface area (Å²) < 4.78 is 27.6. The average molecular weight is 427 g/mol. The van der Waals surface area contributed by atoms with Gasteiger partial charge in [0.2, 0.25) is 15.9 Å². The van der Waals surface area contributed by atoms with Gasteiger partial charge in [0.1, 0.15) is 0 Å². The van der Waals surface area contributed by atoms with Crippen LogP contribution in [0, 0.1) is 5.41 Å². The standard InChI is InChI=1S/C14H20BrN3O3S.ClH/c1-14(2)8-18(4-3-12(14)16)22(20,21)11-6-9(13(17)19)5-10(15)7-11;/h5-7,12H,3-4,8,16H2,1-2H3,(H2,17,19);1H. The number of primary amides is 1. The molecule has 1 heterocycles. The van der Waals surface area contributed by atoms with Gasteiger partial charge in [-0.25, -0.2) is 8.42 Å². The first-order valence-electron chi connectivity index (χ1n) is 6.90. The van der Waals surface area contributed by atoms with Gasteiger partial charge in [0, 0.05) is 29.2 Å². The lowest BCUT2D eigenvalue weighted by Gasteiger charge is -2.41. The van der Waals surface area contributed by atoms with Gasteiger partial charge in [0.25, 0.3) is 0 Å². The van der Waals surface area contributed by atoms with E-state index >= 15 is 0 Å². The van der Waals surface area contributed by atoms with Crippen molar-refractivity contribution in [3.8, 4) is 0 Å². The van der Waals surface area contributed by atoms with Crippen LogP contribution in [0.4, 0.5) is 0 Å². The number of hydrogen-bond acceptors (Lipinski definition) is 4. The first kappa shape index (κ1) is 20.4. The maximum Gasteiger partial charge on any atom is 0.248 e. The molecule has 9 heteroatoms. The van der Waals surface area contributed by atoms with E-state index < -0.39 is 15.9 Å². The van der Waals surface area contributed by atoms with Crippen LogP contribution in [-0.2, 0) is 10.0 Å². The Bertz CT molecular complexity index is 709. The lowest BCUT2D eigenvalue weighted by Crippen LogP contribution is -2.53. The fraction of sp³-hybridized carbons (Fsp3) is 0.500. The summed E-state index contributed by atoms with van der Waals surface area (Å²) in [6, 6.07) is 4.24. The Balaban J connectivity index is 0.00000264. The van der Waals surface area contributed by atoms with Crippen LogP contribution < -0.4 is 11.5 Å². The second-order valence-corrected chi connectivity index (χ2v) is 9.12. The third kappa shape index (κ3) is 4.24. The Hall–Kier alpha value is -0.670. The van der Waals surface area contributed by atoms with Crippen molar-refractivity contribution >= 4 is 44.3 Å². The molecule has 1 aliphatic heterocycles. The molecule has 0 spiro atoms. The molecule has 23 heavy (non-hydrogen) atoms. The molecule has 1 amide bonds. The quantitative estimate of drug-likeness (QED) is 0.767. The highest BCUT2D eigenvalue weighted by atomic mass is 79.9. The summed E-state index contributed by atoms with van der Waals surface area (Å²) >= 11 is 3.22. The van der Waals surface area contributed by atoms with Gasteiger partial charge in [0.15, 0.2) is 0 Å². The van der Waals surface area contributed by atoms with Crippen molar-refractivity contribution in [3.63, 3.8) is 0 Å². The molecular weight excluding hydrogens is 406 g/mol. The van der Waals surface area contributed by atoms with Crippen LogP contribution in [0.2, 0.25) is 0 Å². The highest BCUT2D eigenvalue weighted by Gasteiger charge is 2.39. The summed E-state index contributed by atoms with van der Waals surface area (Å²) in [5.41, 5.74) is 11.2. The van der Waals surface area contributed by atoms with Gasteiger partial charge in [0.05, 0.1) is 4.90 Å². The number of nitrogens with two attached hydrogens (primary N) is 2. The molecule has 130 valence electrons. The zero-order valence-electron chi connectivity index (χ0n) is 13.0. The van der Waals surface area contributed by atoms with E-state index in [1.165, 1.54) is 22.5 Å². The molecule has 4 N–H and O–H groups in total. The number of sulfonamides is 1. The van der Waals surface area contributed by atoms with Crippen molar-refractivity contribution in [1.82, 2.24) is 4.31 Å². The molecule has 0 saturated carbocycles. The molecule has 1 saturated heterocycles. The summed E-state index contributed by atoms with van der Waals surface area (Å²) in [6.45, 7) is 4.62. The normalized spacial score (nSPS) is 21.5. The van der Waals surface area contributed by atoms with Crippen molar-refractivity contribution in [2.45, 2.75) is 31.2 Å². The van der Waals surface area contributed by atoms with Crippen LogP contribution in [0.3, 0.4) is 0 Å². The van der Waals surface area contributed by atoms with Gasteiger partial charge < -0.3 is 11.5 Å². The molecule has 1 aromatic carbocycles. The zero-order chi connectivity index (χ0) is 16.7. The molecule has 1 atom stereocenters. The molecule has 1 aromatic rings. The summed E-state index contributed by atoms with van der Waals surface area (Å²) in [4.78, 5) is 11.4. The number of benzene rings is 1. The Kier molecular flexibility index (Phi) is 6.26. The van der Waals surface area contributed by atoms with Crippen LogP contribution in [0.1, 0.15) is 30.6 Å². The topological polar surface area (TPSA) is 106 Å². The maximum atomic E-state index is 12.8. The molecule has 0 radical (unpaired) electrons. The number of piperidine rings is 1. The minimum Gasteiger partial charge on any atom is -0.366 e. The fourth-order valence-corrected chi connectivity index (χ4v) is 4.88. The number of amides is 1. The molecule has 1 fully saturated rings. The summed E-state index contributed by atoms with van der Waals surface area (Å²) in [6.07, 6.45) is 0.600. The predicted octanol–water partition coefficient (Wildman–Crippen LogP) is 1.72. The third-order valence-electron chi connectivity index (χ3n) is 4.07. The van der Waals surface area contributed by atoms with Crippen LogP contribution in [0.25, 0.3) is 0 Å². The van der Waals surface area contributed by atoms with Crippen LogP contribution in [-0.4, -0.2) is 37.8 Å². The Morgan fingerprint density at radius 1 is 1.35 bits per heavy atom. The molecule has 0 aliphatic carbocycles. The Labute approximate surface area is 151 Å². The molecule has 1 aliphatic rings. The van der Waals surface area contributed by atoms with E-state index in [1.807, 2.05) is 13.8 Å². The lowest BCUT2D eigenvalue weighted by atomic mass is 9.81. The first-order valence-corrected chi connectivity index (χ1v) is 9.13. The molecular formula is C14H21BrClN3O3S. The SMILES string of the molecule is CC1(C)CN(S(=O)(=O)c2cc(Br)cc(C(N)=O)c2)CCC1N.Cl. The molecule has 0 aromatic heterocycles. The van der Waals surface area contributed by atoms with Gasteiger partial charge in [-0.15, -0.1) is 12.4 Å². The highest BCUT2D eigenvalue weighted by Crippen LogP contribution is 2.32. The minimum atomic E-state index is -3.70. The van der Waals surface area contributed by atoms with Gasteiger partial charge in [-0.2, -0.15) is 4.31 Å². The van der Waals surface area contributed by atoms with Crippen molar-refractivity contribution in [2.24, 2.45) is 16.9 Å². The van der Waals surface area contributed by atoms with Crippen LogP contribution in [0.15, 0.2) is 27.6 Å². The summed E-state index contributed by atoms with van der Waals surface area (Å²) in [7, 11) is -3.70. The molecule has 1 unspecified atom stereocenters. The second-order valence-electron chi connectivity index (χ2n) is 6.26. The number of rotatable bonds is 3. The smallest absolute Gasteiger partial charge is 0.248 e. The van der Waals surface area contributed by atoms with Crippen LogP contribution in [0.5, 0.6) is 0 Å². The van der Waals surface area contributed by atoms with Gasteiger partial charge in [-0.05, 0) is 30.0 Å². The number of carbonyl (C=O) groups excluding carboxylic acids is 1. The van der Waals surface area contributed by atoms with E-state index in [4.69, 9.17) is 11.5 Å². The summed E-state index contributed by atoms with van der Waals surface area (Å²) in [5.74, 6) is -0.668. The minimum absolute atomic E-state index is 0. The van der Waals surface area contributed by atoms with Gasteiger partial charge in [-0.1, -0.05) is 29.8 Å². The van der Waals surface area contributed by atoms with Crippen LogP contribution >= 0.6 is 28.3 Å². The third-order valence-corrected chi connectivity index (χ3v) is 6.35. The number of halogens is 2. The van der Waals surface area contributed by atoms with E-state index in [1.54, 1.807) is 0 Å². The first-order chi connectivity index (χ1) is 10.0. The van der Waals surface area contributed by atoms with Crippen molar-refractivity contribution in [2.75, 3.05) is 13.1 Å². The van der Waals surface area contributed by atoms with E-state index in [2.05, 4.69) is 15.9 Å².